The number of aromatic nitrogens is 2. The van der Waals surface area contributed by atoms with Gasteiger partial charge < -0.3 is 10.1 Å². The number of aryl methyl sites for hydroxylation is 2. The Morgan fingerprint density at radius 1 is 0.931 bits per heavy atom. The number of ether oxygens (including phenoxy) is 1. The van der Waals surface area contributed by atoms with Crippen molar-refractivity contribution in [2.75, 3.05) is 11.9 Å². The lowest BCUT2D eigenvalue weighted by atomic mass is 10.2. The standard InChI is InChI=1S/C22H25N3O4/c1-3-14-24-18-7-5-6-8-19(18)25(22(24)28)15-13-20(26)23-17-11-9-16(10-12-17)21(27)29-4-2/h5-12H,3-4,13-15H2,1-2H3,(H,23,26). The average Bonchev–Trinajstić information content (AvgIpc) is 2.99. The Bertz CT molecular complexity index is 1060. The summed E-state index contributed by atoms with van der Waals surface area (Å²) in [5.41, 5.74) is 2.63. The minimum atomic E-state index is -0.395. The molecule has 0 aliphatic rings. The molecule has 7 heteroatoms. The highest BCUT2D eigenvalue weighted by Crippen LogP contribution is 2.15. The number of imidazole rings is 1. The van der Waals surface area contributed by atoms with E-state index in [1.807, 2.05) is 31.2 Å². The smallest absolute Gasteiger partial charge is 0.338 e. The molecule has 0 aliphatic carbocycles. The number of nitrogens with zero attached hydrogens (tertiary/aromatic N) is 2. The number of carbonyl (C=O) groups is 2. The maximum atomic E-state index is 12.8. The zero-order chi connectivity index (χ0) is 20.8. The Morgan fingerprint density at radius 2 is 1.55 bits per heavy atom. The molecule has 0 atom stereocenters. The molecule has 1 amide bonds. The number of hydrogen-bond donors (Lipinski definition) is 1. The van der Waals surface area contributed by atoms with Crippen molar-refractivity contribution in [2.45, 2.75) is 39.8 Å². The summed E-state index contributed by atoms with van der Waals surface area (Å²) in [5, 5.41) is 2.80. The van der Waals surface area contributed by atoms with Gasteiger partial charge in [0, 0.05) is 25.2 Å². The highest BCUT2D eigenvalue weighted by atomic mass is 16.5. The molecule has 152 valence electrons. The monoisotopic (exact) mass is 395 g/mol. The largest absolute Gasteiger partial charge is 0.462 e. The lowest BCUT2D eigenvalue weighted by Gasteiger charge is -2.07. The van der Waals surface area contributed by atoms with Crippen LogP contribution in [0.15, 0.2) is 53.3 Å². The van der Waals surface area contributed by atoms with E-state index in [0.29, 0.717) is 30.9 Å². The second-order valence-corrected chi connectivity index (χ2v) is 6.67. The molecule has 3 aromatic rings. The zero-order valence-electron chi connectivity index (χ0n) is 16.7. The second-order valence-electron chi connectivity index (χ2n) is 6.67. The van der Waals surface area contributed by atoms with Crippen LogP contribution < -0.4 is 11.0 Å². The minimum absolute atomic E-state index is 0.0976. The number of fused-ring (bicyclic) bond motifs is 1. The summed E-state index contributed by atoms with van der Waals surface area (Å²) in [7, 11) is 0. The van der Waals surface area contributed by atoms with Crippen LogP contribution in [0, 0.1) is 0 Å². The number of anilines is 1. The summed E-state index contributed by atoms with van der Waals surface area (Å²) in [5.74, 6) is -0.596. The van der Waals surface area contributed by atoms with Gasteiger partial charge in [-0.2, -0.15) is 0 Å². The van der Waals surface area contributed by atoms with Gasteiger partial charge in [-0.25, -0.2) is 9.59 Å². The third kappa shape index (κ3) is 4.56. The molecule has 7 nitrogen and oxygen atoms in total. The van der Waals surface area contributed by atoms with Gasteiger partial charge in [0.05, 0.1) is 23.2 Å². The van der Waals surface area contributed by atoms with Gasteiger partial charge in [0.1, 0.15) is 0 Å². The molecule has 2 aromatic carbocycles. The molecule has 0 unspecified atom stereocenters. The van der Waals surface area contributed by atoms with Crippen molar-refractivity contribution < 1.29 is 14.3 Å². The first-order valence-corrected chi connectivity index (χ1v) is 9.80. The number of nitrogens with one attached hydrogen (secondary N) is 1. The number of rotatable bonds is 8. The van der Waals surface area contributed by atoms with Crippen LogP contribution in [0.1, 0.15) is 37.0 Å². The van der Waals surface area contributed by atoms with E-state index < -0.39 is 5.97 Å². The Morgan fingerprint density at radius 3 is 2.14 bits per heavy atom. The van der Waals surface area contributed by atoms with E-state index in [-0.39, 0.29) is 18.0 Å². The Labute approximate surface area is 168 Å². The van der Waals surface area contributed by atoms with Gasteiger partial charge >= 0.3 is 11.7 Å². The van der Waals surface area contributed by atoms with Crippen molar-refractivity contribution in [2.24, 2.45) is 0 Å². The van der Waals surface area contributed by atoms with Gasteiger partial charge in [0.25, 0.3) is 0 Å². The number of para-hydroxylation sites is 2. The Hall–Kier alpha value is -3.35. The highest BCUT2D eigenvalue weighted by molar-refractivity contribution is 5.93. The van der Waals surface area contributed by atoms with Gasteiger partial charge in [0.15, 0.2) is 0 Å². The van der Waals surface area contributed by atoms with Gasteiger partial charge in [0.2, 0.25) is 5.91 Å². The summed E-state index contributed by atoms with van der Waals surface area (Å²) in [6.45, 7) is 5.02. The van der Waals surface area contributed by atoms with Gasteiger partial charge in [-0.1, -0.05) is 19.1 Å². The van der Waals surface area contributed by atoms with Crippen LogP contribution in [0.4, 0.5) is 5.69 Å². The predicted molar refractivity (Wildman–Crippen MR) is 112 cm³/mol. The van der Waals surface area contributed by atoms with Crippen molar-refractivity contribution in [1.29, 1.82) is 0 Å². The van der Waals surface area contributed by atoms with Crippen LogP contribution in [0.3, 0.4) is 0 Å². The average molecular weight is 395 g/mol. The van der Waals surface area contributed by atoms with E-state index in [4.69, 9.17) is 4.74 Å². The van der Waals surface area contributed by atoms with E-state index in [0.717, 1.165) is 17.5 Å². The maximum absolute atomic E-state index is 12.8. The van der Waals surface area contributed by atoms with Crippen LogP contribution >= 0.6 is 0 Å². The van der Waals surface area contributed by atoms with Crippen LogP contribution in [0.25, 0.3) is 11.0 Å². The molecule has 3 rings (SSSR count). The molecule has 0 bridgehead atoms. The van der Waals surface area contributed by atoms with E-state index in [1.165, 1.54) is 0 Å². The third-order valence-corrected chi connectivity index (χ3v) is 4.61. The first-order chi connectivity index (χ1) is 14.0. The molecule has 0 spiro atoms. The summed E-state index contributed by atoms with van der Waals surface area (Å²) in [6, 6.07) is 14.1. The molecule has 0 saturated carbocycles. The number of hydrogen-bond acceptors (Lipinski definition) is 4. The molecular weight excluding hydrogens is 370 g/mol. The van der Waals surface area contributed by atoms with Crippen molar-refractivity contribution in [3.63, 3.8) is 0 Å². The molecule has 0 fully saturated rings. The van der Waals surface area contributed by atoms with E-state index in [1.54, 1.807) is 40.3 Å². The number of esters is 1. The predicted octanol–water partition coefficient (Wildman–Crippen LogP) is 3.42. The van der Waals surface area contributed by atoms with E-state index in [9.17, 15) is 14.4 Å². The number of amides is 1. The first-order valence-electron chi connectivity index (χ1n) is 9.80. The first kappa shape index (κ1) is 20.4. The lowest BCUT2D eigenvalue weighted by Crippen LogP contribution is -2.26. The van der Waals surface area contributed by atoms with Crippen LogP contribution in [-0.4, -0.2) is 27.6 Å². The van der Waals surface area contributed by atoms with Crippen LogP contribution in [0.2, 0.25) is 0 Å². The number of benzene rings is 2. The SMILES string of the molecule is CCCn1c(=O)n(CCC(=O)Nc2ccc(C(=O)OCC)cc2)c2ccccc21. The van der Waals surface area contributed by atoms with Crippen molar-refractivity contribution in [3.8, 4) is 0 Å². The third-order valence-electron chi connectivity index (χ3n) is 4.61. The molecule has 1 N–H and O–H groups in total. The normalized spacial score (nSPS) is 10.8. The van der Waals surface area contributed by atoms with Gasteiger partial charge in [-0.15, -0.1) is 0 Å². The number of carbonyl (C=O) groups excluding carboxylic acids is 2. The molecule has 0 saturated heterocycles. The molecule has 29 heavy (non-hydrogen) atoms. The van der Waals surface area contributed by atoms with Crippen molar-refractivity contribution in [3.05, 3.63) is 64.6 Å². The fourth-order valence-electron chi connectivity index (χ4n) is 3.27. The Balaban J connectivity index is 1.68. The molecular formula is C22H25N3O4. The lowest BCUT2D eigenvalue weighted by molar-refractivity contribution is -0.116. The molecule has 1 heterocycles. The second kappa shape index (κ2) is 9.23. The van der Waals surface area contributed by atoms with E-state index >= 15 is 0 Å². The van der Waals surface area contributed by atoms with Crippen molar-refractivity contribution >= 4 is 28.6 Å². The highest BCUT2D eigenvalue weighted by Gasteiger charge is 2.13. The summed E-state index contributed by atoms with van der Waals surface area (Å²) >= 11 is 0. The minimum Gasteiger partial charge on any atom is -0.462 e. The Kier molecular flexibility index (Phi) is 6.49. The quantitative estimate of drug-likeness (QED) is 0.593. The van der Waals surface area contributed by atoms with Gasteiger partial charge in [-0.3, -0.25) is 13.9 Å². The van der Waals surface area contributed by atoms with Crippen LogP contribution in [0.5, 0.6) is 0 Å². The van der Waals surface area contributed by atoms with Gasteiger partial charge in [-0.05, 0) is 49.7 Å². The van der Waals surface area contributed by atoms with Crippen LogP contribution in [-0.2, 0) is 22.6 Å². The fourth-order valence-corrected chi connectivity index (χ4v) is 3.27. The molecule has 0 radical (unpaired) electrons. The topological polar surface area (TPSA) is 82.3 Å². The van der Waals surface area contributed by atoms with E-state index in [2.05, 4.69) is 5.32 Å². The zero-order valence-corrected chi connectivity index (χ0v) is 16.7. The summed E-state index contributed by atoms with van der Waals surface area (Å²) in [6.07, 6.45) is 1.02. The summed E-state index contributed by atoms with van der Waals surface area (Å²) in [4.78, 5) is 36.8. The van der Waals surface area contributed by atoms with Crippen molar-refractivity contribution in [1.82, 2.24) is 9.13 Å². The fraction of sp³-hybridized carbons (Fsp3) is 0.318. The molecule has 1 aromatic heterocycles. The maximum Gasteiger partial charge on any atom is 0.338 e. The summed E-state index contributed by atoms with van der Waals surface area (Å²) < 4.78 is 8.34. The molecule has 0 aliphatic heterocycles.